The molecule has 5 heteroatoms. The predicted molar refractivity (Wildman–Crippen MR) is 85.8 cm³/mol. The number of hydrogen-bond acceptors (Lipinski definition) is 5. The third kappa shape index (κ3) is 7.56. The molecule has 5 nitrogen and oxygen atoms in total. The second-order valence-electron chi connectivity index (χ2n) is 6.09. The maximum atomic E-state index is 5.80. The van der Waals surface area contributed by atoms with Crippen LogP contribution in [-0.4, -0.2) is 78.3 Å². The quantitative estimate of drug-likeness (QED) is 0.552. The van der Waals surface area contributed by atoms with Crippen molar-refractivity contribution in [2.45, 2.75) is 26.2 Å². The van der Waals surface area contributed by atoms with Crippen molar-refractivity contribution in [3.63, 3.8) is 0 Å². The molecule has 0 aromatic carbocycles. The molecule has 0 aliphatic carbocycles. The van der Waals surface area contributed by atoms with Gasteiger partial charge in [0.05, 0.1) is 19.8 Å². The standard InChI is InChI=1S/C16H34N2O3/c1-4-7-17-13-16(6-5-10-21-15-16)14-18(8-11-19-2)9-12-20-3/h17H,4-15H2,1-3H3. The second kappa shape index (κ2) is 11.4. The number of hydrogen-bond donors (Lipinski definition) is 1. The monoisotopic (exact) mass is 302 g/mol. The van der Waals surface area contributed by atoms with Gasteiger partial charge in [-0.05, 0) is 25.8 Å². The van der Waals surface area contributed by atoms with E-state index in [2.05, 4.69) is 17.1 Å². The highest BCUT2D eigenvalue weighted by Crippen LogP contribution is 2.29. The number of ether oxygens (including phenoxy) is 3. The molecule has 1 atom stereocenters. The average Bonchev–Trinajstić information content (AvgIpc) is 2.51. The van der Waals surface area contributed by atoms with E-state index in [0.717, 1.165) is 65.6 Å². The fraction of sp³-hybridized carbons (Fsp3) is 1.00. The maximum absolute atomic E-state index is 5.80. The smallest absolute Gasteiger partial charge is 0.0589 e. The first-order valence-corrected chi connectivity index (χ1v) is 8.25. The Hall–Kier alpha value is -0.200. The van der Waals surface area contributed by atoms with Gasteiger partial charge in [-0.25, -0.2) is 0 Å². The molecule has 0 amide bonds. The summed E-state index contributed by atoms with van der Waals surface area (Å²) in [5.41, 5.74) is 0.231. The zero-order valence-electron chi connectivity index (χ0n) is 14.2. The Kier molecular flexibility index (Phi) is 10.2. The molecule has 0 saturated carbocycles. The fourth-order valence-electron chi connectivity index (χ4n) is 2.95. The first-order valence-electron chi connectivity index (χ1n) is 8.25. The molecule has 21 heavy (non-hydrogen) atoms. The molecule has 126 valence electrons. The molecule has 1 fully saturated rings. The van der Waals surface area contributed by atoms with E-state index < -0.39 is 0 Å². The van der Waals surface area contributed by atoms with Crippen LogP contribution in [0.4, 0.5) is 0 Å². The Morgan fingerprint density at radius 3 is 2.43 bits per heavy atom. The van der Waals surface area contributed by atoms with Crippen LogP contribution in [-0.2, 0) is 14.2 Å². The molecule has 0 aromatic heterocycles. The average molecular weight is 302 g/mol. The maximum Gasteiger partial charge on any atom is 0.0589 e. The van der Waals surface area contributed by atoms with E-state index in [4.69, 9.17) is 14.2 Å². The van der Waals surface area contributed by atoms with Crippen molar-refractivity contribution in [1.29, 1.82) is 0 Å². The first kappa shape index (κ1) is 18.8. The summed E-state index contributed by atoms with van der Waals surface area (Å²) in [5.74, 6) is 0. The van der Waals surface area contributed by atoms with Crippen LogP contribution in [0.5, 0.6) is 0 Å². The van der Waals surface area contributed by atoms with Gasteiger partial charge < -0.3 is 19.5 Å². The molecular weight excluding hydrogens is 268 g/mol. The highest BCUT2D eigenvalue weighted by Gasteiger charge is 2.34. The summed E-state index contributed by atoms with van der Waals surface area (Å²) in [6, 6.07) is 0. The van der Waals surface area contributed by atoms with E-state index in [1.807, 2.05) is 0 Å². The van der Waals surface area contributed by atoms with Gasteiger partial charge in [0.1, 0.15) is 0 Å². The zero-order valence-corrected chi connectivity index (χ0v) is 14.2. The molecule has 0 bridgehead atoms. The summed E-state index contributed by atoms with van der Waals surface area (Å²) >= 11 is 0. The van der Waals surface area contributed by atoms with Crippen LogP contribution >= 0.6 is 0 Å². The van der Waals surface area contributed by atoms with Gasteiger partial charge in [-0.2, -0.15) is 0 Å². The third-order valence-corrected chi connectivity index (χ3v) is 4.11. The van der Waals surface area contributed by atoms with Crippen molar-refractivity contribution in [2.24, 2.45) is 5.41 Å². The van der Waals surface area contributed by atoms with Crippen molar-refractivity contribution in [3.05, 3.63) is 0 Å². The summed E-state index contributed by atoms with van der Waals surface area (Å²) < 4.78 is 16.3. The molecular formula is C16H34N2O3. The Balaban J connectivity index is 2.56. The van der Waals surface area contributed by atoms with E-state index in [0.29, 0.717) is 0 Å². The molecule has 0 aromatic rings. The second-order valence-corrected chi connectivity index (χ2v) is 6.09. The normalized spacial score (nSPS) is 22.9. The lowest BCUT2D eigenvalue weighted by Gasteiger charge is -2.41. The predicted octanol–water partition coefficient (Wildman–Crippen LogP) is 1.38. The van der Waals surface area contributed by atoms with Crippen molar-refractivity contribution in [1.82, 2.24) is 10.2 Å². The Labute approximate surface area is 130 Å². The van der Waals surface area contributed by atoms with Gasteiger partial charge in [0.25, 0.3) is 0 Å². The number of rotatable bonds is 12. The van der Waals surface area contributed by atoms with Crippen molar-refractivity contribution in [2.75, 3.05) is 73.4 Å². The third-order valence-electron chi connectivity index (χ3n) is 4.11. The van der Waals surface area contributed by atoms with Gasteiger partial charge in [0.2, 0.25) is 0 Å². The Bertz CT molecular complexity index is 238. The Morgan fingerprint density at radius 2 is 1.90 bits per heavy atom. The van der Waals surface area contributed by atoms with E-state index in [1.165, 1.54) is 12.8 Å². The van der Waals surface area contributed by atoms with Gasteiger partial charge in [0, 0.05) is 52.4 Å². The highest BCUT2D eigenvalue weighted by atomic mass is 16.5. The van der Waals surface area contributed by atoms with Crippen LogP contribution in [0.3, 0.4) is 0 Å². The molecule has 0 radical (unpaired) electrons. The van der Waals surface area contributed by atoms with Crippen LogP contribution < -0.4 is 5.32 Å². The van der Waals surface area contributed by atoms with E-state index in [1.54, 1.807) is 14.2 Å². The van der Waals surface area contributed by atoms with Gasteiger partial charge in [-0.15, -0.1) is 0 Å². The summed E-state index contributed by atoms with van der Waals surface area (Å²) in [7, 11) is 3.52. The van der Waals surface area contributed by atoms with E-state index in [9.17, 15) is 0 Å². The van der Waals surface area contributed by atoms with Crippen LogP contribution in [0.25, 0.3) is 0 Å². The number of nitrogens with zero attached hydrogens (tertiary/aromatic N) is 1. The lowest BCUT2D eigenvalue weighted by molar-refractivity contribution is -0.0316. The molecule has 1 aliphatic heterocycles. The first-order chi connectivity index (χ1) is 10.3. The van der Waals surface area contributed by atoms with Crippen molar-refractivity contribution >= 4 is 0 Å². The minimum absolute atomic E-state index is 0.231. The van der Waals surface area contributed by atoms with Gasteiger partial charge in [0.15, 0.2) is 0 Å². The number of methoxy groups -OCH3 is 2. The van der Waals surface area contributed by atoms with Crippen LogP contribution in [0.2, 0.25) is 0 Å². The zero-order chi connectivity index (χ0) is 15.4. The molecule has 1 heterocycles. The summed E-state index contributed by atoms with van der Waals surface area (Å²) in [6.07, 6.45) is 3.57. The summed E-state index contributed by atoms with van der Waals surface area (Å²) in [4.78, 5) is 2.45. The summed E-state index contributed by atoms with van der Waals surface area (Å²) in [6.45, 7) is 10.6. The molecule has 1 aliphatic rings. The lowest BCUT2D eigenvalue weighted by Crippen LogP contribution is -2.50. The fourth-order valence-corrected chi connectivity index (χ4v) is 2.95. The topological polar surface area (TPSA) is 43.0 Å². The molecule has 1 N–H and O–H groups in total. The minimum Gasteiger partial charge on any atom is -0.383 e. The SMILES string of the molecule is CCCNCC1(CN(CCOC)CCOC)CCCOC1. The lowest BCUT2D eigenvalue weighted by atomic mass is 9.81. The molecule has 1 saturated heterocycles. The van der Waals surface area contributed by atoms with Crippen molar-refractivity contribution < 1.29 is 14.2 Å². The number of nitrogens with one attached hydrogen (secondary N) is 1. The van der Waals surface area contributed by atoms with E-state index in [-0.39, 0.29) is 5.41 Å². The summed E-state index contributed by atoms with van der Waals surface area (Å²) in [5, 5.41) is 3.59. The van der Waals surface area contributed by atoms with Crippen LogP contribution in [0.15, 0.2) is 0 Å². The van der Waals surface area contributed by atoms with Crippen LogP contribution in [0, 0.1) is 5.41 Å². The van der Waals surface area contributed by atoms with Gasteiger partial charge in [-0.1, -0.05) is 6.92 Å². The Morgan fingerprint density at radius 1 is 1.19 bits per heavy atom. The molecule has 1 rings (SSSR count). The van der Waals surface area contributed by atoms with Crippen molar-refractivity contribution in [3.8, 4) is 0 Å². The molecule has 0 spiro atoms. The largest absolute Gasteiger partial charge is 0.383 e. The van der Waals surface area contributed by atoms with Crippen LogP contribution in [0.1, 0.15) is 26.2 Å². The highest BCUT2D eigenvalue weighted by molar-refractivity contribution is 4.87. The van der Waals surface area contributed by atoms with Gasteiger partial charge in [-0.3, -0.25) is 4.90 Å². The van der Waals surface area contributed by atoms with Gasteiger partial charge >= 0.3 is 0 Å². The van der Waals surface area contributed by atoms with E-state index >= 15 is 0 Å². The molecule has 1 unspecified atom stereocenters. The minimum atomic E-state index is 0.231.